The summed E-state index contributed by atoms with van der Waals surface area (Å²) in [7, 11) is 1.46. The average Bonchev–Trinajstić information content (AvgIpc) is 2.93. The number of alkyl halides is 1. The Hall–Kier alpha value is -2.31. The number of benzene rings is 1. The van der Waals surface area contributed by atoms with Crippen molar-refractivity contribution in [2.45, 2.75) is 6.42 Å². The van der Waals surface area contributed by atoms with Crippen LogP contribution in [0.3, 0.4) is 0 Å². The number of carbonyl (C=O) groups is 2. The number of nitrogens with one attached hydrogen (secondary N) is 3. The van der Waals surface area contributed by atoms with Crippen LogP contribution >= 0.6 is 22.6 Å². The largest absolute Gasteiger partial charge is 0.338 e. The lowest BCUT2D eigenvalue weighted by molar-refractivity contribution is 0.101. The van der Waals surface area contributed by atoms with Gasteiger partial charge in [-0.15, -0.1) is 0 Å². The highest BCUT2D eigenvalue weighted by atomic mass is 127. The molecule has 7 nitrogen and oxygen atoms in total. The molecule has 0 radical (unpaired) electrons. The van der Waals surface area contributed by atoms with Crippen LogP contribution in [0, 0.1) is 17.5 Å². The Labute approximate surface area is 160 Å². The van der Waals surface area contributed by atoms with Gasteiger partial charge in [0.05, 0.1) is 0 Å². The minimum Gasteiger partial charge on any atom is -0.338 e. The van der Waals surface area contributed by atoms with Crippen molar-refractivity contribution in [3.8, 4) is 0 Å². The van der Waals surface area contributed by atoms with E-state index in [1.54, 1.807) is 0 Å². The van der Waals surface area contributed by atoms with E-state index in [-0.39, 0.29) is 17.2 Å². The number of urea groups is 1. The molecule has 0 saturated heterocycles. The molecule has 0 aliphatic rings. The summed E-state index contributed by atoms with van der Waals surface area (Å²) in [4.78, 5) is 23.9. The highest BCUT2D eigenvalue weighted by Gasteiger charge is 2.17. The monoisotopic (exact) mass is 481 g/mol. The van der Waals surface area contributed by atoms with E-state index in [1.165, 1.54) is 17.8 Å². The number of aryl methyl sites for hydroxylation is 1. The lowest BCUT2D eigenvalue weighted by Gasteiger charge is -2.06. The second-order valence-electron chi connectivity index (χ2n) is 5.17. The SMILES string of the molecule is Cn1nc(NC(=O)NCCCI)cc1C(=O)Nc1cc(F)c(F)c(F)c1. The number of amides is 3. The molecule has 0 aliphatic carbocycles. The number of anilines is 2. The maximum atomic E-state index is 13.2. The fraction of sp³-hybridized carbons (Fsp3) is 0.267. The Balaban J connectivity index is 2.06. The molecule has 1 heterocycles. The van der Waals surface area contributed by atoms with Gasteiger partial charge in [-0.2, -0.15) is 5.10 Å². The van der Waals surface area contributed by atoms with Crippen LogP contribution in [0.1, 0.15) is 16.9 Å². The number of carbonyl (C=O) groups excluding carboxylic acids is 2. The van der Waals surface area contributed by atoms with Gasteiger partial charge in [0.25, 0.3) is 5.91 Å². The van der Waals surface area contributed by atoms with E-state index in [4.69, 9.17) is 0 Å². The quantitative estimate of drug-likeness (QED) is 0.257. The fourth-order valence-electron chi connectivity index (χ4n) is 1.99. The molecule has 0 unspecified atom stereocenters. The van der Waals surface area contributed by atoms with Gasteiger partial charge in [0.1, 0.15) is 5.69 Å². The summed E-state index contributed by atoms with van der Waals surface area (Å²) >= 11 is 2.19. The molecule has 0 atom stereocenters. The molecule has 0 spiro atoms. The summed E-state index contributed by atoms with van der Waals surface area (Å²) < 4.78 is 41.5. The first-order valence-corrected chi connectivity index (χ1v) is 8.95. The first kappa shape index (κ1) is 20.0. The van der Waals surface area contributed by atoms with Crippen molar-refractivity contribution >= 4 is 46.0 Å². The first-order valence-electron chi connectivity index (χ1n) is 7.42. The molecule has 2 aromatic rings. The third-order valence-electron chi connectivity index (χ3n) is 3.19. The number of aromatic nitrogens is 2. The van der Waals surface area contributed by atoms with Gasteiger partial charge in [0.15, 0.2) is 23.3 Å². The molecule has 0 fully saturated rings. The number of nitrogens with zero attached hydrogens (tertiary/aromatic N) is 2. The van der Waals surface area contributed by atoms with Crippen molar-refractivity contribution in [3.05, 3.63) is 41.3 Å². The summed E-state index contributed by atoms with van der Waals surface area (Å²) in [6.45, 7) is 0.497. The maximum absolute atomic E-state index is 13.2. The molecule has 11 heteroatoms. The lowest BCUT2D eigenvalue weighted by Crippen LogP contribution is -2.29. The smallest absolute Gasteiger partial charge is 0.320 e. The Kier molecular flexibility index (Phi) is 6.83. The van der Waals surface area contributed by atoms with Crippen LogP contribution in [0.25, 0.3) is 0 Å². The first-order chi connectivity index (χ1) is 12.3. The van der Waals surface area contributed by atoms with Crippen LogP contribution in [0.15, 0.2) is 18.2 Å². The number of halogens is 4. The maximum Gasteiger partial charge on any atom is 0.320 e. The van der Waals surface area contributed by atoms with Gasteiger partial charge in [0, 0.05) is 41.9 Å². The predicted molar refractivity (Wildman–Crippen MR) is 98.0 cm³/mol. The van der Waals surface area contributed by atoms with E-state index in [0.717, 1.165) is 10.8 Å². The third kappa shape index (κ3) is 5.09. The Bertz CT molecular complexity index is 805. The summed E-state index contributed by atoms with van der Waals surface area (Å²) in [6.07, 6.45) is 0.814. The van der Waals surface area contributed by atoms with Crippen molar-refractivity contribution in [1.82, 2.24) is 15.1 Å². The number of rotatable bonds is 6. The van der Waals surface area contributed by atoms with Gasteiger partial charge in [0.2, 0.25) is 0 Å². The van der Waals surface area contributed by atoms with Crippen molar-refractivity contribution in [3.63, 3.8) is 0 Å². The second kappa shape index (κ2) is 8.87. The summed E-state index contributed by atoms with van der Waals surface area (Å²) in [5.74, 6) is -5.07. The summed E-state index contributed by atoms with van der Waals surface area (Å²) in [6, 6.07) is 2.14. The summed E-state index contributed by atoms with van der Waals surface area (Å²) in [5.41, 5.74) is -0.226. The van der Waals surface area contributed by atoms with Crippen molar-refractivity contribution in [2.24, 2.45) is 7.05 Å². The van der Waals surface area contributed by atoms with E-state index < -0.39 is 29.4 Å². The zero-order valence-electron chi connectivity index (χ0n) is 13.6. The normalized spacial score (nSPS) is 10.5. The highest BCUT2D eigenvalue weighted by Crippen LogP contribution is 2.18. The van der Waals surface area contributed by atoms with Crippen LogP contribution in [-0.2, 0) is 7.05 Å². The molecule has 1 aromatic carbocycles. The van der Waals surface area contributed by atoms with E-state index in [9.17, 15) is 22.8 Å². The Morgan fingerprint density at radius 1 is 1.15 bits per heavy atom. The zero-order chi connectivity index (χ0) is 19.3. The van der Waals surface area contributed by atoms with Crippen LogP contribution in [0.4, 0.5) is 29.5 Å². The minimum absolute atomic E-state index is 0.0257. The minimum atomic E-state index is -1.62. The van der Waals surface area contributed by atoms with Gasteiger partial charge in [-0.1, -0.05) is 22.6 Å². The lowest BCUT2D eigenvalue weighted by atomic mass is 10.2. The predicted octanol–water partition coefficient (Wildman–Crippen LogP) is 3.04. The number of hydrogen-bond acceptors (Lipinski definition) is 3. The molecule has 140 valence electrons. The van der Waals surface area contributed by atoms with E-state index in [2.05, 4.69) is 43.6 Å². The van der Waals surface area contributed by atoms with Gasteiger partial charge >= 0.3 is 6.03 Å². The van der Waals surface area contributed by atoms with E-state index in [1.807, 2.05) is 0 Å². The third-order valence-corrected chi connectivity index (χ3v) is 3.95. The standard InChI is InChI=1S/C15H15F3IN5O2/c1-24-11(7-12(23-24)22-15(26)20-4-2-3-19)14(25)21-8-5-9(16)13(18)10(17)6-8/h5-7H,2-4H2,1H3,(H,21,25)(H2,20,22,23,26). The van der Waals surface area contributed by atoms with Gasteiger partial charge in [-0.05, 0) is 6.42 Å². The summed E-state index contributed by atoms with van der Waals surface area (Å²) in [5, 5.41) is 11.3. The van der Waals surface area contributed by atoms with E-state index in [0.29, 0.717) is 18.7 Å². The Morgan fingerprint density at radius 3 is 2.42 bits per heavy atom. The molecule has 1 aromatic heterocycles. The van der Waals surface area contributed by atoms with Crippen LogP contribution in [-0.4, -0.2) is 32.7 Å². The van der Waals surface area contributed by atoms with Crippen molar-refractivity contribution in [2.75, 3.05) is 21.6 Å². The van der Waals surface area contributed by atoms with Crippen LogP contribution < -0.4 is 16.0 Å². The van der Waals surface area contributed by atoms with Crippen LogP contribution in [0.2, 0.25) is 0 Å². The molecule has 2 rings (SSSR count). The van der Waals surface area contributed by atoms with Gasteiger partial charge < -0.3 is 10.6 Å². The van der Waals surface area contributed by atoms with E-state index >= 15 is 0 Å². The molecular formula is C15H15F3IN5O2. The highest BCUT2D eigenvalue weighted by molar-refractivity contribution is 14.1. The molecule has 26 heavy (non-hydrogen) atoms. The van der Waals surface area contributed by atoms with Crippen molar-refractivity contribution < 1.29 is 22.8 Å². The molecule has 3 N–H and O–H groups in total. The van der Waals surface area contributed by atoms with Gasteiger partial charge in [-0.25, -0.2) is 18.0 Å². The van der Waals surface area contributed by atoms with Crippen molar-refractivity contribution in [1.29, 1.82) is 0 Å². The molecule has 0 saturated carbocycles. The molecule has 0 bridgehead atoms. The molecule has 3 amide bonds. The molecular weight excluding hydrogens is 466 g/mol. The van der Waals surface area contributed by atoms with Gasteiger partial charge in [-0.3, -0.25) is 14.8 Å². The average molecular weight is 481 g/mol. The zero-order valence-corrected chi connectivity index (χ0v) is 15.7. The topological polar surface area (TPSA) is 88.1 Å². The molecule has 0 aliphatic heterocycles. The fourth-order valence-corrected chi connectivity index (χ4v) is 2.37. The van der Waals surface area contributed by atoms with Crippen LogP contribution in [0.5, 0.6) is 0 Å². The second-order valence-corrected chi connectivity index (χ2v) is 6.25. The number of hydrogen-bond donors (Lipinski definition) is 3. The Morgan fingerprint density at radius 2 is 1.81 bits per heavy atom.